The lowest BCUT2D eigenvalue weighted by Gasteiger charge is -2.14. The molecule has 2 rings (SSSR count). The molecular formula is C9H15N3O. The van der Waals surface area contributed by atoms with Gasteiger partial charge in [0.25, 0.3) is 0 Å². The summed E-state index contributed by atoms with van der Waals surface area (Å²) in [6, 6.07) is 0.495. The van der Waals surface area contributed by atoms with E-state index in [2.05, 4.69) is 22.4 Å². The van der Waals surface area contributed by atoms with Gasteiger partial charge in [-0.1, -0.05) is 0 Å². The minimum atomic E-state index is 0.340. The molecule has 1 aromatic rings. The van der Waals surface area contributed by atoms with Crippen molar-refractivity contribution in [1.29, 1.82) is 0 Å². The highest BCUT2D eigenvalue weighted by atomic mass is 16.5. The van der Waals surface area contributed by atoms with E-state index in [1.165, 1.54) is 5.56 Å². The molecule has 0 spiro atoms. The Labute approximate surface area is 77.7 Å². The zero-order valence-corrected chi connectivity index (χ0v) is 7.79. The second-order valence-electron chi connectivity index (χ2n) is 3.46. The van der Waals surface area contributed by atoms with Crippen LogP contribution in [-0.2, 0) is 11.3 Å². The van der Waals surface area contributed by atoms with Crippen molar-refractivity contribution in [2.75, 3.05) is 6.61 Å². The number of rotatable bonds is 3. The molecule has 0 aliphatic carbocycles. The molecule has 0 radical (unpaired) electrons. The maximum Gasteiger partial charge on any atom is 0.0700 e. The first kappa shape index (κ1) is 8.72. The lowest BCUT2D eigenvalue weighted by molar-refractivity contribution is 0.113. The second-order valence-corrected chi connectivity index (χ2v) is 3.46. The molecule has 0 aromatic carbocycles. The molecule has 2 N–H and O–H groups in total. The zero-order valence-electron chi connectivity index (χ0n) is 7.79. The van der Waals surface area contributed by atoms with Crippen molar-refractivity contribution in [1.82, 2.24) is 15.5 Å². The number of H-pyrrole nitrogens is 1. The van der Waals surface area contributed by atoms with Crippen molar-refractivity contribution in [2.45, 2.75) is 32.0 Å². The minimum Gasteiger partial charge on any atom is -0.377 e. The van der Waals surface area contributed by atoms with E-state index >= 15 is 0 Å². The molecule has 4 nitrogen and oxygen atoms in total. The average Bonchev–Trinajstić information content (AvgIpc) is 2.72. The Bertz CT molecular complexity index is 247. The van der Waals surface area contributed by atoms with Gasteiger partial charge in [-0.25, -0.2) is 0 Å². The molecule has 1 aliphatic heterocycles. The minimum absolute atomic E-state index is 0.340. The van der Waals surface area contributed by atoms with Gasteiger partial charge in [-0.3, -0.25) is 5.10 Å². The Balaban J connectivity index is 1.79. The van der Waals surface area contributed by atoms with Crippen molar-refractivity contribution < 1.29 is 4.74 Å². The largest absolute Gasteiger partial charge is 0.377 e. The van der Waals surface area contributed by atoms with Crippen LogP contribution in [0.4, 0.5) is 0 Å². The molecular weight excluding hydrogens is 166 g/mol. The topological polar surface area (TPSA) is 49.9 Å². The first-order valence-electron chi connectivity index (χ1n) is 4.69. The molecule has 0 bridgehead atoms. The van der Waals surface area contributed by atoms with E-state index in [0.717, 1.165) is 19.6 Å². The molecule has 0 saturated carbocycles. The van der Waals surface area contributed by atoms with Crippen LogP contribution in [0, 0.1) is 0 Å². The molecule has 1 aliphatic rings. The molecule has 4 heteroatoms. The predicted molar refractivity (Wildman–Crippen MR) is 49.2 cm³/mol. The lowest BCUT2D eigenvalue weighted by Crippen LogP contribution is -2.33. The zero-order chi connectivity index (χ0) is 9.10. The summed E-state index contributed by atoms with van der Waals surface area (Å²) < 4.78 is 5.45. The number of aromatic nitrogens is 2. The summed E-state index contributed by atoms with van der Waals surface area (Å²) in [5.41, 5.74) is 1.19. The van der Waals surface area contributed by atoms with Crippen LogP contribution in [0.5, 0.6) is 0 Å². The summed E-state index contributed by atoms with van der Waals surface area (Å²) in [4.78, 5) is 0. The molecule has 13 heavy (non-hydrogen) atoms. The third kappa shape index (κ3) is 2.08. The molecule has 2 heterocycles. The fourth-order valence-electron chi connectivity index (χ4n) is 1.62. The summed E-state index contributed by atoms with van der Waals surface area (Å²) in [5.74, 6) is 0. The highest BCUT2D eigenvalue weighted by molar-refractivity contribution is 5.02. The molecule has 0 unspecified atom stereocenters. The van der Waals surface area contributed by atoms with E-state index in [0.29, 0.717) is 12.1 Å². The van der Waals surface area contributed by atoms with Crippen LogP contribution in [0.25, 0.3) is 0 Å². The van der Waals surface area contributed by atoms with Crippen LogP contribution < -0.4 is 5.32 Å². The van der Waals surface area contributed by atoms with Gasteiger partial charge in [0, 0.05) is 31.0 Å². The summed E-state index contributed by atoms with van der Waals surface area (Å²) in [6.07, 6.45) is 5.20. The van der Waals surface area contributed by atoms with Crippen molar-refractivity contribution >= 4 is 0 Å². The Morgan fingerprint density at radius 1 is 1.77 bits per heavy atom. The van der Waals surface area contributed by atoms with Gasteiger partial charge in [0.05, 0.1) is 12.3 Å². The van der Waals surface area contributed by atoms with Crippen molar-refractivity contribution in [3.05, 3.63) is 18.0 Å². The van der Waals surface area contributed by atoms with Gasteiger partial charge in [-0.05, 0) is 13.3 Å². The molecule has 2 atom stereocenters. The highest BCUT2D eigenvalue weighted by Gasteiger charge is 2.23. The summed E-state index contributed by atoms with van der Waals surface area (Å²) in [5, 5.41) is 10.1. The van der Waals surface area contributed by atoms with Crippen LogP contribution in [-0.4, -0.2) is 29.0 Å². The quantitative estimate of drug-likeness (QED) is 0.720. The van der Waals surface area contributed by atoms with Crippen LogP contribution in [0.3, 0.4) is 0 Å². The third-order valence-electron chi connectivity index (χ3n) is 2.50. The summed E-state index contributed by atoms with van der Waals surface area (Å²) in [7, 11) is 0. The van der Waals surface area contributed by atoms with E-state index in [1.807, 2.05) is 12.4 Å². The lowest BCUT2D eigenvalue weighted by atomic mass is 10.1. The number of aromatic amines is 1. The smallest absolute Gasteiger partial charge is 0.0700 e. The van der Waals surface area contributed by atoms with Gasteiger partial charge in [0.1, 0.15) is 0 Å². The first-order valence-corrected chi connectivity index (χ1v) is 4.69. The molecule has 0 amide bonds. The Morgan fingerprint density at radius 2 is 2.69 bits per heavy atom. The number of hydrogen-bond donors (Lipinski definition) is 2. The third-order valence-corrected chi connectivity index (χ3v) is 2.50. The van der Waals surface area contributed by atoms with Crippen molar-refractivity contribution in [3.63, 3.8) is 0 Å². The first-order chi connectivity index (χ1) is 6.36. The number of hydrogen-bond acceptors (Lipinski definition) is 3. The summed E-state index contributed by atoms with van der Waals surface area (Å²) in [6.45, 7) is 3.86. The van der Waals surface area contributed by atoms with Gasteiger partial charge < -0.3 is 10.1 Å². The van der Waals surface area contributed by atoms with E-state index in [1.54, 1.807) is 0 Å². The van der Waals surface area contributed by atoms with Gasteiger partial charge in [0.2, 0.25) is 0 Å². The van der Waals surface area contributed by atoms with Crippen LogP contribution in [0.15, 0.2) is 12.4 Å². The van der Waals surface area contributed by atoms with Crippen LogP contribution >= 0.6 is 0 Å². The average molecular weight is 181 g/mol. The van der Waals surface area contributed by atoms with Crippen LogP contribution in [0.1, 0.15) is 18.9 Å². The Morgan fingerprint density at radius 3 is 3.31 bits per heavy atom. The van der Waals surface area contributed by atoms with E-state index in [9.17, 15) is 0 Å². The maximum atomic E-state index is 5.45. The predicted octanol–water partition coefficient (Wildman–Crippen LogP) is 0.677. The van der Waals surface area contributed by atoms with E-state index < -0.39 is 0 Å². The van der Waals surface area contributed by atoms with Crippen molar-refractivity contribution in [2.24, 2.45) is 0 Å². The normalized spacial score (nSPS) is 28.1. The monoisotopic (exact) mass is 181 g/mol. The highest BCUT2D eigenvalue weighted by Crippen LogP contribution is 2.12. The van der Waals surface area contributed by atoms with Gasteiger partial charge >= 0.3 is 0 Å². The molecule has 72 valence electrons. The van der Waals surface area contributed by atoms with Gasteiger partial charge in [0.15, 0.2) is 0 Å². The number of nitrogens with one attached hydrogen (secondary N) is 2. The molecule has 1 aromatic heterocycles. The fraction of sp³-hybridized carbons (Fsp3) is 0.667. The Kier molecular flexibility index (Phi) is 2.61. The number of ether oxygens (including phenoxy) is 1. The standard InChI is InChI=1S/C9H15N3O/c1-7-9(2-3-13-7)10-4-8-5-11-12-6-8/h5-7,9-10H,2-4H2,1H3,(H,11,12)/t7-,9-/m1/s1. The summed E-state index contributed by atoms with van der Waals surface area (Å²) >= 11 is 0. The molecule has 1 fully saturated rings. The maximum absolute atomic E-state index is 5.45. The van der Waals surface area contributed by atoms with E-state index in [4.69, 9.17) is 4.74 Å². The number of nitrogens with zero attached hydrogens (tertiary/aromatic N) is 1. The van der Waals surface area contributed by atoms with E-state index in [-0.39, 0.29) is 0 Å². The Hall–Kier alpha value is -0.870. The van der Waals surface area contributed by atoms with Gasteiger partial charge in [-0.15, -0.1) is 0 Å². The SMILES string of the molecule is C[C@H]1OCC[C@H]1NCc1cn[nH]c1. The second kappa shape index (κ2) is 3.89. The molecule has 1 saturated heterocycles. The fourth-order valence-corrected chi connectivity index (χ4v) is 1.62. The van der Waals surface area contributed by atoms with Gasteiger partial charge in [-0.2, -0.15) is 5.10 Å². The van der Waals surface area contributed by atoms with Crippen LogP contribution in [0.2, 0.25) is 0 Å². The van der Waals surface area contributed by atoms with Crippen molar-refractivity contribution in [3.8, 4) is 0 Å².